The minimum absolute atomic E-state index is 0.0868. The highest BCUT2D eigenvalue weighted by Gasteiger charge is 2.41. The lowest BCUT2D eigenvalue weighted by molar-refractivity contribution is 0.0892. The first kappa shape index (κ1) is 13.8. The van der Waals surface area contributed by atoms with E-state index < -0.39 is 5.54 Å². The fourth-order valence-electron chi connectivity index (χ4n) is 2.60. The maximum atomic E-state index is 12.4. The normalized spacial score (nSPS) is 17.3. The molecule has 1 saturated carbocycles. The Morgan fingerprint density at radius 2 is 2.25 bits per heavy atom. The lowest BCUT2D eigenvalue weighted by atomic mass is 9.96. The van der Waals surface area contributed by atoms with Crippen molar-refractivity contribution in [2.45, 2.75) is 38.1 Å². The van der Waals surface area contributed by atoms with Gasteiger partial charge in [-0.25, -0.2) is 0 Å². The van der Waals surface area contributed by atoms with Gasteiger partial charge in [-0.3, -0.25) is 4.79 Å². The van der Waals surface area contributed by atoms with Gasteiger partial charge >= 0.3 is 0 Å². The highest BCUT2D eigenvalue weighted by atomic mass is 79.9. The summed E-state index contributed by atoms with van der Waals surface area (Å²) in [4.78, 5) is 16.7. The number of rotatable bonds is 3. The van der Waals surface area contributed by atoms with Gasteiger partial charge in [0.1, 0.15) is 5.54 Å². The summed E-state index contributed by atoms with van der Waals surface area (Å²) in [6.45, 7) is 1.76. The van der Waals surface area contributed by atoms with Crippen LogP contribution in [-0.4, -0.2) is 16.0 Å². The summed E-state index contributed by atoms with van der Waals surface area (Å²) in [6, 6.07) is 1.82. The van der Waals surface area contributed by atoms with Crippen LogP contribution in [-0.2, 0) is 5.54 Å². The molecule has 0 unspecified atom stereocenters. The summed E-state index contributed by atoms with van der Waals surface area (Å²) in [7, 11) is 0. The van der Waals surface area contributed by atoms with Gasteiger partial charge in [0, 0.05) is 12.3 Å². The lowest BCUT2D eigenvalue weighted by Gasteiger charge is -2.26. The molecule has 0 bridgehead atoms. The van der Waals surface area contributed by atoms with E-state index in [0.717, 1.165) is 29.5 Å². The molecule has 2 heterocycles. The molecule has 0 aliphatic heterocycles. The third-order valence-corrected chi connectivity index (χ3v) is 5.10. The third-order valence-electron chi connectivity index (χ3n) is 3.60. The van der Waals surface area contributed by atoms with Crippen molar-refractivity contribution in [3.05, 3.63) is 32.5 Å². The van der Waals surface area contributed by atoms with E-state index in [1.54, 1.807) is 6.92 Å². The molecule has 0 radical (unpaired) electrons. The maximum absolute atomic E-state index is 12.4. The molecule has 1 fully saturated rings. The molecule has 3 rings (SSSR count). The Labute approximate surface area is 128 Å². The van der Waals surface area contributed by atoms with E-state index in [1.165, 1.54) is 11.3 Å². The van der Waals surface area contributed by atoms with Crippen LogP contribution in [0, 0.1) is 6.92 Å². The zero-order chi connectivity index (χ0) is 14.2. The first-order chi connectivity index (χ1) is 9.59. The van der Waals surface area contributed by atoms with Crippen molar-refractivity contribution >= 4 is 33.2 Å². The Morgan fingerprint density at radius 3 is 2.80 bits per heavy atom. The number of aromatic nitrogens is 2. The number of nitrogens with one attached hydrogen (secondary N) is 1. The topological polar surface area (TPSA) is 68.0 Å². The van der Waals surface area contributed by atoms with Crippen LogP contribution in [0.25, 0.3) is 0 Å². The minimum atomic E-state index is -0.483. The first-order valence-corrected chi connectivity index (χ1v) is 8.14. The number of hydrogen-bond acceptors (Lipinski definition) is 5. The van der Waals surface area contributed by atoms with Gasteiger partial charge in [-0.15, -0.1) is 11.3 Å². The van der Waals surface area contributed by atoms with Crippen LogP contribution in [0.15, 0.2) is 19.8 Å². The smallest absolute Gasteiger partial charge is 0.252 e. The number of thiophene rings is 1. The highest BCUT2D eigenvalue weighted by Crippen LogP contribution is 2.37. The summed E-state index contributed by atoms with van der Waals surface area (Å²) in [5, 5.41) is 8.96. The van der Waals surface area contributed by atoms with Crippen LogP contribution in [0.1, 0.15) is 47.8 Å². The molecule has 2 aromatic rings. The van der Waals surface area contributed by atoms with Crippen molar-refractivity contribution in [3.63, 3.8) is 0 Å². The van der Waals surface area contributed by atoms with Crippen LogP contribution in [0.3, 0.4) is 0 Å². The molecular weight excluding hydrogens is 342 g/mol. The Hall–Kier alpha value is -1.21. The molecule has 1 aliphatic carbocycles. The second-order valence-electron chi connectivity index (χ2n) is 5.02. The molecule has 20 heavy (non-hydrogen) atoms. The molecule has 5 nitrogen and oxygen atoms in total. The zero-order valence-electron chi connectivity index (χ0n) is 11.0. The molecule has 1 aliphatic rings. The van der Waals surface area contributed by atoms with E-state index in [9.17, 15) is 4.79 Å². The summed E-state index contributed by atoms with van der Waals surface area (Å²) >= 11 is 4.87. The third kappa shape index (κ3) is 2.52. The molecule has 0 atom stereocenters. The molecule has 1 amide bonds. The molecule has 1 N–H and O–H groups in total. The summed E-state index contributed by atoms with van der Waals surface area (Å²) < 4.78 is 6.02. The molecular formula is C13H14BrN3O2S. The predicted molar refractivity (Wildman–Crippen MR) is 78.7 cm³/mol. The molecule has 7 heteroatoms. The number of carbonyl (C=O) groups is 1. The Bertz CT molecular complexity index is 631. The fraction of sp³-hybridized carbons (Fsp3) is 0.462. The second kappa shape index (κ2) is 5.29. The average molecular weight is 356 g/mol. The van der Waals surface area contributed by atoms with Crippen molar-refractivity contribution in [2.75, 3.05) is 0 Å². The Kier molecular flexibility index (Phi) is 3.64. The minimum Gasteiger partial charge on any atom is -0.340 e. The van der Waals surface area contributed by atoms with Gasteiger partial charge < -0.3 is 9.84 Å². The molecule has 0 saturated heterocycles. The van der Waals surface area contributed by atoms with E-state index in [2.05, 4.69) is 31.4 Å². The van der Waals surface area contributed by atoms with Crippen LogP contribution in [0.5, 0.6) is 0 Å². The number of carbonyl (C=O) groups excluding carboxylic acids is 1. The zero-order valence-corrected chi connectivity index (χ0v) is 13.4. The van der Waals surface area contributed by atoms with Gasteiger partial charge in [-0.1, -0.05) is 18.0 Å². The van der Waals surface area contributed by atoms with Crippen LogP contribution < -0.4 is 5.32 Å². The predicted octanol–water partition coefficient (Wildman–Crippen LogP) is 3.40. The summed E-state index contributed by atoms with van der Waals surface area (Å²) in [6.07, 6.45) is 3.81. The largest absolute Gasteiger partial charge is 0.340 e. The van der Waals surface area contributed by atoms with E-state index in [1.807, 2.05) is 11.4 Å². The Morgan fingerprint density at radius 1 is 1.50 bits per heavy atom. The average Bonchev–Trinajstić information content (AvgIpc) is 3.10. The number of amides is 1. The first-order valence-electron chi connectivity index (χ1n) is 6.46. The standard InChI is InChI=1S/C13H14BrN3O2S/c1-8-15-12(17-19-8)13(4-2-3-5-13)16-11(18)9-6-10(14)20-7-9/h6-7H,2-5H2,1H3,(H,16,18). The van der Waals surface area contributed by atoms with Gasteiger partial charge in [-0.2, -0.15) is 4.98 Å². The number of nitrogens with zero attached hydrogens (tertiary/aromatic N) is 2. The molecule has 106 valence electrons. The molecule has 0 aromatic carbocycles. The molecule has 0 spiro atoms. The number of aryl methyl sites for hydroxylation is 1. The van der Waals surface area contributed by atoms with Crippen molar-refractivity contribution < 1.29 is 9.32 Å². The van der Waals surface area contributed by atoms with Crippen molar-refractivity contribution in [3.8, 4) is 0 Å². The van der Waals surface area contributed by atoms with Gasteiger partial charge in [0.25, 0.3) is 5.91 Å². The SMILES string of the molecule is Cc1nc(C2(NC(=O)c3csc(Br)c3)CCCC2)no1. The van der Waals surface area contributed by atoms with Gasteiger partial charge in [0.05, 0.1) is 9.35 Å². The van der Waals surface area contributed by atoms with Crippen molar-refractivity contribution in [1.82, 2.24) is 15.5 Å². The van der Waals surface area contributed by atoms with E-state index in [4.69, 9.17) is 4.52 Å². The monoisotopic (exact) mass is 355 g/mol. The maximum Gasteiger partial charge on any atom is 0.252 e. The van der Waals surface area contributed by atoms with Crippen LogP contribution in [0.2, 0.25) is 0 Å². The van der Waals surface area contributed by atoms with Gasteiger partial charge in [0.15, 0.2) is 5.82 Å². The second-order valence-corrected chi connectivity index (χ2v) is 7.31. The van der Waals surface area contributed by atoms with Crippen LogP contribution >= 0.6 is 27.3 Å². The van der Waals surface area contributed by atoms with Crippen molar-refractivity contribution in [1.29, 1.82) is 0 Å². The number of halogens is 1. The molecule has 2 aromatic heterocycles. The van der Waals surface area contributed by atoms with Gasteiger partial charge in [0.2, 0.25) is 5.89 Å². The highest BCUT2D eigenvalue weighted by molar-refractivity contribution is 9.11. The fourth-order valence-corrected chi connectivity index (χ4v) is 3.73. The van der Waals surface area contributed by atoms with E-state index in [-0.39, 0.29) is 5.91 Å². The van der Waals surface area contributed by atoms with E-state index in [0.29, 0.717) is 17.3 Å². The van der Waals surface area contributed by atoms with Crippen molar-refractivity contribution in [2.24, 2.45) is 0 Å². The summed E-state index contributed by atoms with van der Waals surface area (Å²) in [5.41, 5.74) is 0.178. The van der Waals surface area contributed by atoms with E-state index >= 15 is 0 Å². The summed E-state index contributed by atoms with van der Waals surface area (Å²) in [5.74, 6) is 1.03. The number of hydrogen-bond donors (Lipinski definition) is 1. The lowest BCUT2D eigenvalue weighted by Crippen LogP contribution is -2.44. The van der Waals surface area contributed by atoms with Gasteiger partial charge in [-0.05, 0) is 34.8 Å². The quantitative estimate of drug-likeness (QED) is 0.915. The van der Waals surface area contributed by atoms with Crippen LogP contribution in [0.4, 0.5) is 0 Å². The Balaban J connectivity index is 1.86.